The van der Waals surface area contributed by atoms with Gasteiger partial charge in [0.2, 0.25) is 0 Å². The number of nitrogens with one attached hydrogen (secondary N) is 1. The van der Waals surface area contributed by atoms with Crippen LogP contribution in [-0.2, 0) is 4.74 Å². The maximum absolute atomic E-state index is 15.0. The summed E-state index contributed by atoms with van der Waals surface area (Å²) in [6.45, 7) is 9.24. The Balaban J connectivity index is 1.39. The molecule has 0 spiro atoms. The van der Waals surface area contributed by atoms with Gasteiger partial charge >= 0.3 is 6.09 Å². The molecule has 3 aromatic rings. The highest BCUT2D eigenvalue weighted by atomic mass is 35.5. The zero-order valence-corrected chi connectivity index (χ0v) is 22.3. The summed E-state index contributed by atoms with van der Waals surface area (Å²) in [6, 6.07) is 14.1. The molecule has 9 heteroatoms. The normalized spacial score (nSPS) is 14.1. The summed E-state index contributed by atoms with van der Waals surface area (Å²) in [6.07, 6.45) is -0.358. The summed E-state index contributed by atoms with van der Waals surface area (Å²) in [7, 11) is 0. The Kier molecular flexibility index (Phi) is 7.57. The van der Waals surface area contributed by atoms with Crippen molar-refractivity contribution in [1.29, 1.82) is 0 Å². The molecule has 0 radical (unpaired) electrons. The second-order valence-electron chi connectivity index (χ2n) is 9.70. The minimum absolute atomic E-state index is 0.282. The quantitative estimate of drug-likeness (QED) is 0.402. The van der Waals surface area contributed by atoms with Gasteiger partial charge in [-0.3, -0.25) is 4.79 Å². The van der Waals surface area contributed by atoms with Crippen molar-refractivity contribution in [1.82, 2.24) is 4.90 Å². The smallest absolute Gasteiger partial charge is 0.410 e. The first-order chi connectivity index (χ1) is 17.0. The molecule has 0 aliphatic carbocycles. The minimum atomic E-state index is -0.556. The number of rotatable bonds is 4. The maximum atomic E-state index is 15.0. The van der Waals surface area contributed by atoms with Gasteiger partial charge in [-0.25, -0.2) is 9.18 Å². The molecule has 1 fully saturated rings. The second-order valence-corrected chi connectivity index (χ2v) is 11.2. The average Bonchev–Trinajstić information content (AvgIpc) is 3.20. The molecule has 2 aromatic carbocycles. The van der Waals surface area contributed by atoms with Crippen LogP contribution in [0.1, 0.15) is 36.0 Å². The van der Waals surface area contributed by atoms with Crippen molar-refractivity contribution in [3.8, 4) is 10.4 Å². The Morgan fingerprint density at radius 2 is 1.69 bits per heavy atom. The predicted molar refractivity (Wildman–Crippen MR) is 144 cm³/mol. The molecule has 1 aliphatic rings. The number of piperazine rings is 1. The number of thiophene rings is 1. The lowest BCUT2D eigenvalue weighted by molar-refractivity contribution is 0.0240. The molecule has 2 heterocycles. The molecule has 36 heavy (non-hydrogen) atoms. The number of nitrogens with zero attached hydrogens (tertiary/aromatic N) is 2. The van der Waals surface area contributed by atoms with E-state index in [4.69, 9.17) is 16.3 Å². The Labute approximate surface area is 219 Å². The Morgan fingerprint density at radius 1 is 1.03 bits per heavy atom. The lowest BCUT2D eigenvalue weighted by atomic mass is 10.1. The van der Waals surface area contributed by atoms with Crippen LogP contribution >= 0.6 is 22.9 Å². The first kappa shape index (κ1) is 26.0. The second kappa shape index (κ2) is 10.5. The molecule has 1 N–H and O–H groups in total. The predicted octanol–water partition coefficient (Wildman–Crippen LogP) is 6.83. The van der Waals surface area contributed by atoms with Crippen molar-refractivity contribution in [3.63, 3.8) is 0 Å². The van der Waals surface area contributed by atoms with E-state index in [2.05, 4.69) is 5.32 Å². The summed E-state index contributed by atoms with van der Waals surface area (Å²) in [5.41, 5.74) is 2.10. The van der Waals surface area contributed by atoms with Crippen LogP contribution in [0, 0.1) is 12.7 Å². The standard InChI is InChI=1S/C27H29ClFN3O3S/c1-17-15-23(18-5-7-19(28)8-6-18)36-24(17)25(33)30-20-9-10-22(21(29)16-20)31-11-13-32(14-12-31)26(34)35-27(2,3)4/h5-10,15-16H,11-14H2,1-4H3,(H,30,33). The summed E-state index contributed by atoms with van der Waals surface area (Å²) in [4.78, 5) is 30.3. The molecule has 2 amide bonds. The fraction of sp³-hybridized carbons (Fsp3) is 0.333. The maximum Gasteiger partial charge on any atom is 0.410 e. The van der Waals surface area contributed by atoms with Crippen molar-refractivity contribution in [2.75, 3.05) is 36.4 Å². The molecule has 0 saturated carbocycles. The number of aryl methyl sites for hydroxylation is 1. The first-order valence-corrected chi connectivity index (χ1v) is 12.9. The van der Waals surface area contributed by atoms with Crippen LogP contribution in [0.5, 0.6) is 0 Å². The summed E-state index contributed by atoms with van der Waals surface area (Å²) >= 11 is 7.36. The van der Waals surface area contributed by atoms with E-state index in [1.54, 1.807) is 17.0 Å². The largest absolute Gasteiger partial charge is 0.444 e. The molecule has 0 unspecified atom stereocenters. The number of hydrogen-bond acceptors (Lipinski definition) is 5. The van der Waals surface area contributed by atoms with Gasteiger partial charge in [0.1, 0.15) is 11.4 Å². The third-order valence-electron chi connectivity index (χ3n) is 5.73. The molecule has 1 aliphatic heterocycles. The highest BCUT2D eigenvalue weighted by molar-refractivity contribution is 7.17. The van der Waals surface area contributed by atoms with Crippen LogP contribution in [0.2, 0.25) is 5.02 Å². The van der Waals surface area contributed by atoms with E-state index >= 15 is 0 Å². The van der Waals surface area contributed by atoms with Gasteiger partial charge in [-0.2, -0.15) is 0 Å². The van der Waals surface area contributed by atoms with E-state index in [9.17, 15) is 14.0 Å². The van der Waals surface area contributed by atoms with E-state index in [1.807, 2.05) is 62.9 Å². The topological polar surface area (TPSA) is 61.9 Å². The molecule has 0 bridgehead atoms. The number of halogens is 2. The highest BCUT2D eigenvalue weighted by Gasteiger charge is 2.27. The van der Waals surface area contributed by atoms with Crippen LogP contribution in [-0.4, -0.2) is 48.7 Å². The summed E-state index contributed by atoms with van der Waals surface area (Å²) in [5, 5.41) is 3.46. The number of hydrogen-bond donors (Lipinski definition) is 1. The van der Waals surface area contributed by atoms with Gasteiger partial charge in [0.15, 0.2) is 0 Å². The lowest BCUT2D eigenvalue weighted by Gasteiger charge is -2.36. The van der Waals surface area contributed by atoms with Crippen LogP contribution < -0.4 is 10.2 Å². The van der Waals surface area contributed by atoms with Gasteiger partial charge in [0.25, 0.3) is 5.91 Å². The van der Waals surface area contributed by atoms with Crippen molar-refractivity contribution in [3.05, 3.63) is 69.8 Å². The number of carbonyl (C=O) groups excluding carboxylic acids is 2. The average molecular weight is 530 g/mol. The van der Waals surface area contributed by atoms with Crippen molar-refractivity contribution in [2.24, 2.45) is 0 Å². The molecular formula is C27H29ClFN3O3S. The first-order valence-electron chi connectivity index (χ1n) is 11.7. The monoisotopic (exact) mass is 529 g/mol. The SMILES string of the molecule is Cc1cc(-c2ccc(Cl)cc2)sc1C(=O)Nc1ccc(N2CCN(C(=O)OC(C)(C)C)CC2)c(F)c1. The third-order valence-corrected chi connectivity index (χ3v) is 7.27. The van der Waals surface area contributed by atoms with E-state index in [-0.39, 0.29) is 12.0 Å². The molecule has 0 atom stereocenters. The van der Waals surface area contributed by atoms with Gasteiger partial charge in [-0.15, -0.1) is 11.3 Å². The van der Waals surface area contributed by atoms with Gasteiger partial charge in [0, 0.05) is 41.8 Å². The molecule has 1 saturated heterocycles. The van der Waals surface area contributed by atoms with Crippen molar-refractivity contribution >= 4 is 46.3 Å². The molecular weight excluding hydrogens is 501 g/mol. The molecule has 1 aromatic heterocycles. The molecule has 6 nitrogen and oxygen atoms in total. The van der Waals surface area contributed by atoms with E-state index < -0.39 is 11.4 Å². The van der Waals surface area contributed by atoms with Crippen LogP contribution in [0.4, 0.5) is 20.6 Å². The van der Waals surface area contributed by atoms with Crippen molar-refractivity contribution in [2.45, 2.75) is 33.3 Å². The fourth-order valence-corrected chi connectivity index (χ4v) is 5.15. The van der Waals surface area contributed by atoms with E-state index in [0.29, 0.717) is 47.5 Å². The Morgan fingerprint density at radius 3 is 2.31 bits per heavy atom. The zero-order chi connectivity index (χ0) is 26.0. The minimum Gasteiger partial charge on any atom is -0.444 e. The highest BCUT2D eigenvalue weighted by Crippen LogP contribution is 2.33. The van der Waals surface area contributed by atoms with Gasteiger partial charge in [-0.05, 0) is 75.2 Å². The Hall–Kier alpha value is -3.10. The summed E-state index contributed by atoms with van der Waals surface area (Å²) < 4.78 is 20.4. The third kappa shape index (κ3) is 6.17. The lowest BCUT2D eigenvalue weighted by Crippen LogP contribution is -2.50. The number of amides is 2. The zero-order valence-electron chi connectivity index (χ0n) is 20.7. The number of anilines is 2. The molecule has 4 rings (SSSR count). The number of benzene rings is 2. The van der Waals surface area contributed by atoms with Gasteiger partial charge in [-0.1, -0.05) is 23.7 Å². The molecule has 190 valence electrons. The van der Waals surface area contributed by atoms with Crippen LogP contribution in [0.15, 0.2) is 48.5 Å². The number of ether oxygens (including phenoxy) is 1. The Bertz CT molecular complexity index is 1260. The van der Waals surface area contributed by atoms with E-state index in [0.717, 1.165) is 16.0 Å². The van der Waals surface area contributed by atoms with Gasteiger partial charge < -0.3 is 19.9 Å². The van der Waals surface area contributed by atoms with Crippen LogP contribution in [0.3, 0.4) is 0 Å². The van der Waals surface area contributed by atoms with Crippen LogP contribution in [0.25, 0.3) is 10.4 Å². The summed E-state index contributed by atoms with van der Waals surface area (Å²) in [5.74, 6) is -0.709. The van der Waals surface area contributed by atoms with Gasteiger partial charge in [0.05, 0.1) is 10.6 Å². The fourth-order valence-electron chi connectivity index (χ4n) is 3.95. The van der Waals surface area contributed by atoms with E-state index in [1.165, 1.54) is 17.4 Å². The number of carbonyl (C=O) groups is 2. The van der Waals surface area contributed by atoms with Crippen molar-refractivity contribution < 1.29 is 18.7 Å².